The Balaban J connectivity index is 1.36. The van der Waals surface area contributed by atoms with Gasteiger partial charge in [-0.2, -0.15) is 4.98 Å². The van der Waals surface area contributed by atoms with Gasteiger partial charge < -0.3 is 14.5 Å². The minimum absolute atomic E-state index is 0.0127. The molecule has 1 aromatic carbocycles. The summed E-state index contributed by atoms with van der Waals surface area (Å²) < 4.78 is 7.60. The first-order chi connectivity index (χ1) is 14.1. The molecule has 3 aromatic rings. The Hall–Kier alpha value is -3.16. The summed E-state index contributed by atoms with van der Waals surface area (Å²) in [6, 6.07) is 9.85. The van der Waals surface area contributed by atoms with Gasteiger partial charge in [-0.05, 0) is 31.0 Å². The first-order valence-corrected chi connectivity index (χ1v) is 10.1. The minimum Gasteiger partial charge on any atom is -0.484 e. The van der Waals surface area contributed by atoms with Crippen LogP contribution in [0.5, 0.6) is 5.75 Å². The van der Waals surface area contributed by atoms with Gasteiger partial charge in [0.05, 0.1) is 0 Å². The van der Waals surface area contributed by atoms with E-state index >= 15 is 0 Å². The van der Waals surface area contributed by atoms with Crippen molar-refractivity contribution in [3.05, 3.63) is 47.9 Å². The molecule has 1 fully saturated rings. The molecule has 0 bridgehead atoms. The van der Waals surface area contributed by atoms with Crippen LogP contribution in [0.4, 0.5) is 5.82 Å². The molecule has 2 aromatic heterocycles. The van der Waals surface area contributed by atoms with Crippen LogP contribution in [-0.2, 0) is 11.2 Å². The number of carbonyl (C=O) groups is 1. The smallest absolute Gasteiger partial charge is 0.260 e. The number of rotatable bonds is 6. The number of hydrogen-bond donors (Lipinski definition) is 0. The Morgan fingerprint density at radius 2 is 2.00 bits per heavy atom. The van der Waals surface area contributed by atoms with Gasteiger partial charge >= 0.3 is 0 Å². The van der Waals surface area contributed by atoms with Crippen LogP contribution in [0, 0.1) is 6.92 Å². The zero-order valence-electron chi connectivity index (χ0n) is 16.9. The van der Waals surface area contributed by atoms with Crippen molar-refractivity contribution in [2.75, 3.05) is 37.7 Å². The van der Waals surface area contributed by atoms with Crippen LogP contribution in [0.15, 0.2) is 36.7 Å². The molecule has 1 aliphatic rings. The summed E-state index contributed by atoms with van der Waals surface area (Å²) in [4.78, 5) is 21.2. The summed E-state index contributed by atoms with van der Waals surface area (Å²) in [6.07, 6.45) is 3.70. The summed E-state index contributed by atoms with van der Waals surface area (Å²) in [5.41, 5.74) is 2.27. The second kappa shape index (κ2) is 8.46. The lowest BCUT2D eigenvalue weighted by molar-refractivity contribution is -0.133. The molecule has 1 aliphatic heterocycles. The number of anilines is 1. The minimum atomic E-state index is 0.0127. The standard InChI is InChI=1S/C21H26N6O2/c1-3-5-17-13-19(23-21-24-22-15-27(17)21)25-8-10-26(11-9-25)20(28)14-29-18-7-4-6-16(2)12-18/h4,6-7,12-13,15H,3,5,8-11,14H2,1-2H3. The fourth-order valence-electron chi connectivity index (χ4n) is 3.60. The number of hydrogen-bond acceptors (Lipinski definition) is 6. The molecule has 0 radical (unpaired) electrons. The summed E-state index contributed by atoms with van der Waals surface area (Å²) in [6.45, 7) is 6.99. The molecule has 0 spiro atoms. The number of benzene rings is 1. The molecule has 1 saturated heterocycles. The van der Waals surface area contributed by atoms with Crippen molar-refractivity contribution in [1.82, 2.24) is 24.5 Å². The van der Waals surface area contributed by atoms with Gasteiger partial charge in [-0.3, -0.25) is 9.20 Å². The van der Waals surface area contributed by atoms with Crippen molar-refractivity contribution in [2.45, 2.75) is 26.7 Å². The number of nitrogens with zero attached hydrogens (tertiary/aromatic N) is 6. The third-order valence-electron chi connectivity index (χ3n) is 5.16. The van der Waals surface area contributed by atoms with Crippen LogP contribution in [0.25, 0.3) is 5.78 Å². The highest BCUT2D eigenvalue weighted by Gasteiger charge is 2.23. The predicted molar refractivity (Wildman–Crippen MR) is 110 cm³/mol. The topological polar surface area (TPSA) is 75.9 Å². The van der Waals surface area contributed by atoms with Gasteiger partial charge in [0.15, 0.2) is 6.61 Å². The van der Waals surface area contributed by atoms with Crippen LogP contribution >= 0.6 is 0 Å². The molecule has 0 atom stereocenters. The van der Waals surface area contributed by atoms with E-state index in [1.807, 2.05) is 40.5 Å². The maximum absolute atomic E-state index is 12.5. The zero-order valence-corrected chi connectivity index (χ0v) is 16.9. The first-order valence-electron chi connectivity index (χ1n) is 10.1. The molecule has 0 unspecified atom stereocenters. The van der Waals surface area contributed by atoms with E-state index in [4.69, 9.17) is 4.74 Å². The van der Waals surface area contributed by atoms with Crippen molar-refractivity contribution in [2.24, 2.45) is 0 Å². The van der Waals surface area contributed by atoms with Gasteiger partial charge in [-0.1, -0.05) is 25.5 Å². The Kier molecular flexibility index (Phi) is 5.59. The molecule has 152 valence electrons. The maximum Gasteiger partial charge on any atom is 0.260 e. The van der Waals surface area contributed by atoms with E-state index in [0.29, 0.717) is 18.9 Å². The number of aromatic nitrogens is 4. The normalized spacial score (nSPS) is 14.4. The Morgan fingerprint density at radius 1 is 1.17 bits per heavy atom. The molecular weight excluding hydrogens is 368 g/mol. The zero-order chi connectivity index (χ0) is 20.2. The summed E-state index contributed by atoms with van der Waals surface area (Å²) in [5, 5.41) is 8.10. The Morgan fingerprint density at radius 3 is 2.76 bits per heavy atom. The van der Waals surface area contributed by atoms with Gasteiger partial charge in [-0.15, -0.1) is 10.2 Å². The lowest BCUT2D eigenvalue weighted by atomic mass is 10.2. The molecule has 0 saturated carbocycles. The lowest BCUT2D eigenvalue weighted by Crippen LogP contribution is -2.50. The molecule has 3 heterocycles. The van der Waals surface area contributed by atoms with E-state index in [-0.39, 0.29) is 12.5 Å². The van der Waals surface area contributed by atoms with Gasteiger partial charge in [0, 0.05) is 37.9 Å². The Bertz CT molecular complexity index is 994. The molecular formula is C21H26N6O2. The van der Waals surface area contributed by atoms with Gasteiger partial charge in [-0.25, -0.2) is 0 Å². The number of fused-ring (bicyclic) bond motifs is 1. The van der Waals surface area contributed by atoms with Crippen molar-refractivity contribution >= 4 is 17.5 Å². The van der Waals surface area contributed by atoms with E-state index in [1.54, 1.807) is 6.33 Å². The average molecular weight is 394 g/mol. The molecule has 8 heteroatoms. The van der Waals surface area contributed by atoms with Crippen LogP contribution in [-0.4, -0.2) is 63.2 Å². The first kappa shape index (κ1) is 19.2. The molecule has 4 rings (SSSR count). The Labute approximate surface area is 170 Å². The average Bonchev–Trinajstić information content (AvgIpc) is 3.21. The monoisotopic (exact) mass is 394 g/mol. The largest absolute Gasteiger partial charge is 0.484 e. The third-order valence-corrected chi connectivity index (χ3v) is 5.16. The van der Waals surface area contributed by atoms with E-state index in [9.17, 15) is 4.79 Å². The second-order valence-electron chi connectivity index (χ2n) is 7.33. The summed E-state index contributed by atoms with van der Waals surface area (Å²) in [7, 11) is 0. The van der Waals surface area contributed by atoms with Crippen molar-refractivity contribution in [1.29, 1.82) is 0 Å². The van der Waals surface area contributed by atoms with Crippen molar-refractivity contribution in [3.63, 3.8) is 0 Å². The van der Waals surface area contributed by atoms with Crippen LogP contribution in [0.1, 0.15) is 24.6 Å². The van der Waals surface area contributed by atoms with Gasteiger partial charge in [0.2, 0.25) is 0 Å². The predicted octanol–water partition coefficient (Wildman–Crippen LogP) is 2.11. The van der Waals surface area contributed by atoms with Crippen LogP contribution < -0.4 is 9.64 Å². The van der Waals surface area contributed by atoms with Crippen LogP contribution in [0.3, 0.4) is 0 Å². The van der Waals surface area contributed by atoms with E-state index in [2.05, 4.69) is 33.1 Å². The summed E-state index contributed by atoms with van der Waals surface area (Å²) in [5.74, 6) is 2.26. The molecule has 8 nitrogen and oxygen atoms in total. The van der Waals surface area contributed by atoms with Gasteiger partial charge in [0.25, 0.3) is 11.7 Å². The number of amides is 1. The van der Waals surface area contributed by atoms with E-state index < -0.39 is 0 Å². The highest BCUT2D eigenvalue weighted by molar-refractivity contribution is 5.78. The molecule has 0 aliphatic carbocycles. The molecule has 0 N–H and O–H groups in total. The van der Waals surface area contributed by atoms with Gasteiger partial charge in [0.1, 0.15) is 17.9 Å². The fraction of sp³-hybridized carbons (Fsp3) is 0.429. The number of aryl methyl sites for hydroxylation is 2. The SMILES string of the molecule is CCCc1cc(N2CCN(C(=O)COc3cccc(C)c3)CC2)nc2nncn12. The highest BCUT2D eigenvalue weighted by atomic mass is 16.5. The van der Waals surface area contributed by atoms with E-state index in [1.165, 1.54) is 0 Å². The summed E-state index contributed by atoms with van der Waals surface area (Å²) >= 11 is 0. The molecule has 1 amide bonds. The third kappa shape index (κ3) is 4.31. The number of carbonyl (C=O) groups excluding carboxylic acids is 1. The quantitative estimate of drug-likeness (QED) is 0.637. The van der Waals surface area contributed by atoms with Crippen molar-refractivity contribution < 1.29 is 9.53 Å². The maximum atomic E-state index is 12.5. The van der Waals surface area contributed by atoms with Crippen molar-refractivity contribution in [3.8, 4) is 5.75 Å². The highest BCUT2D eigenvalue weighted by Crippen LogP contribution is 2.18. The number of ether oxygens (including phenoxy) is 1. The fourth-order valence-corrected chi connectivity index (χ4v) is 3.60. The number of piperazine rings is 1. The molecule has 29 heavy (non-hydrogen) atoms. The van der Waals surface area contributed by atoms with E-state index in [0.717, 1.165) is 48.8 Å². The van der Waals surface area contributed by atoms with Crippen LogP contribution in [0.2, 0.25) is 0 Å². The lowest BCUT2D eigenvalue weighted by Gasteiger charge is -2.35. The second-order valence-corrected chi connectivity index (χ2v) is 7.33.